The lowest BCUT2D eigenvalue weighted by Crippen LogP contribution is -2.04. The van der Waals surface area contributed by atoms with E-state index in [0.29, 0.717) is 44.5 Å². The molecule has 0 fully saturated rings. The van der Waals surface area contributed by atoms with Crippen LogP contribution in [0, 0.1) is 40.4 Å². The lowest BCUT2D eigenvalue weighted by molar-refractivity contribution is 0.482. The lowest BCUT2D eigenvalue weighted by Gasteiger charge is -2.13. The van der Waals surface area contributed by atoms with Gasteiger partial charge in [-0.25, -0.2) is 4.39 Å². The number of aromatic hydroxyl groups is 1. The van der Waals surface area contributed by atoms with E-state index >= 15 is 0 Å². The van der Waals surface area contributed by atoms with Gasteiger partial charge in [0.25, 0.3) is 0 Å². The molecule has 0 unspecified atom stereocenters. The topological polar surface area (TPSA) is 158 Å². The van der Waals surface area contributed by atoms with Crippen molar-refractivity contribution in [1.82, 2.24) is 15.0 Å². The van der Waals surface area contributed by atoms with E-state index < -0.39 is 5.82 Å². The van der Waals surface area contributed by atoms with Crippen molar-refractivity contribution >= 4 is 76.4 Å². The second-order valence-electron chi connectivity index (χ2n) is 10.3. The fourth-order valence-electron chi connectivity index (χ4n) is 4.74. The largest absolute Gasteiger partial charge is 0.505 e. The maximum atomic E-state index is 14.6. The molecule has 44 heavy (non-hydrogen) atoms. The van der Waals surface area contributed by atoms with E-state index in [1.807, 2.05) is 51.1 Å². The van der Waals surface area contributed by atoms with E-state index in [1.165, 1.54) is 6.07 Å². The molecule has 1 aromatic heterocycles. The summed E-state index contributed by atoms with van der Waals surface area (Å²) in [5, 5.41) is 35.0. The van der Waals surface area contributed by atoms with Gasteiger partial charge in [-0.3, -0.25) is 0 Å². The first kappa shape index (κ1) is 30.3. The number of nitrogens with zero attached hydrogens (tertiary/aromatic N) is 7. The summed E-state index contributed by atoms with van der Waals surface area (Å²) < 4.78 is 14.6. The van der Waals surface area contributed by atoms with Crippen molar-refractivity contribution in [3.05, 3.63) is 81.4 Å². The number of nitrogen functional groups attached to an aromatic ring is 1. The van der Waals surface area contributed by atoms with Crippen LogP contribution in [0.3, 0.4) is 0 Å². The molecule has 0 spiro atoms. The van der Waals surface area contributed by atoms with Crippen LogP contribution in [-0.2, 0) is 0 Å². The summed E-state index contributed by atoms with van der Waals surface area (Å²) in [5.74, 6) is -0.373. The summed E-state index contributed by atoms with van der Waals surface area (Å²) in [6, 6.07) is 12.3. The molecule has 2 radical (unpaired) electrons. The van der Waals surface area contributed by atoms with Gasteiger partial charge >= 0.3 is 0 Å². The minimum absolute atomic E-state index is 0.0405. The summed E-state index contributed by atoms with van der Waals surface area (Å²) in [5.41, 5.74) is 12.2. The molecule has 5 rings (SSSR count). The highest BCUT2D eigenvalue weighted by Gasteiger charge is 2.18. The molecule has 0 aliphatic carbocycles. The molecule has 0 aliphatic heterocycles. The van der Waals surface area contributed by atoms with Crippen LogP contribution in [0.4, 0.5) is 50.4 Å². The van der Waals surface area contributed by atoms with Crippen LogP contribution in [0.2, 0.25) is 5.28 Å². The number of phenols is 1. The fraction of sp³-hybridized carbons (Fsp3) is 0.167. The Kier molecular flexibility index (Phi) is 8.41. The van der Waals surface area contributed by atoms with Crippen LogP contribution in [0.25, 0.3) is 10.8 Å². The first-order valence-electron chi connectivity index (χ1n) is 13.4. The summed E-state index contributed by atoms with van der Waals surface area (Å²) in [6.45, 7) is 9.08. The van der Waals surface area contributed by atoms with E-state index in [-0.39, 0.29) is 40.0 Å². The van der Waals surface area contributed by atoms with Crippen molar-refractivity contribution in [1.29, 1.82) is 0 Å². The van der Waals surface area contributed by atoms with Gasteiger partial charge in [0.2, 0.25) is 25.2 Å². The number of phenolic OH excluding ortho intramolecular Hbond substituents is 1. The normalized spacial score (nSPS) is 11.6. The summed E-state index contributed by atoms with van der Waals surface area (Å²) in [7, 11) is 5.39. The monoisotopic (exact) mass is 608 g/mol. The molecule has 0 amide bonds. The average molecular weight is 609 g/mol. The van der Waals surface area contributed by atoms with Crippen molar-refractivity contribution in [2.75, 3.05) is 16.3 Å². The molecule has 0 bridgehead atoms. The zero-order valence-corrected chi connectivity index (χ0v) is 25.3. The van der Waals surface area contributed by atoms with E-state index in [1.54, 1.807) is 19.9 Å². The Labute approximate surface area is 259 Å². The molecule has 220 valence electrons. The number of nitrogens with two attached hydrogens (primary N) is 1. The van der Waals surface area contributed by atoms with Crippen molar-refractivity contribution in [3.63, 3.8) is 0 Å². The fourth-order valence-corrected chi connectivity index (χ4v) is 4.90. The van der Waals surface area contributed by atoms with Crippen LogP contribution in [-0.4, -0.2) is 28.0 Å². The second-order valence-corrected chi connectivity index (χ2v) is 10.6. The lowest BCUT2D eigenvalue weighted by atomic mass is 9.99. The highest BCUT2D eigenvalue weighted by atomic mass is 35.5. The first-order chi connectivity index (χ1) is 20.9. The summed E-state index contributed by atoms with van der Waals surface area (Å²) in [4.78, 5) is 12.0. The molecule has 1 heterocycles. The molecule has 0 atom stereocenters. The minimum Gasteiger partial charge on any atom is -0.505 e. The highest BCUT2D eigenvalue weighted by molar-refractivity contribution is 6.28. The van der Waals surface area contributed by atoms with Gasteiger partial charge in [-0.2, -0.15) is 20.1 Å². The number of rotatable bonds is 7. The zero-order valence-electron chi connectivity index (χ0n) is 24.5. The molecule has 4 aromatic carbocycles. The number of anilines is 4. The van der Waals surface area contributed by atoms with Crippen molar-refractivity contribution in [2.45, 2.75) is 34.6 Å². The molecule has 5 N–H and O–H groups in total. The van der Waals surface area contributed by atoms with Gasteiger partial charge in [-0.1, -0.05) is 12.1 Å². The Morgan fingerprint density at radius 2 is 1.43 bits per heavy atom. The summed E-state index contributed by atoms with van der Waals surface area (Å²) in [6.07, 6.45) is 0. The number of aromatic nitrogens is 3. The standard InChI is InChI=1S/C30H27BClFN10O/c1-13-8-15(3)24(20(33)9-13)41-42-25-16(4)10-18-11-17(5)26(27(44)22(18)23(25)34)43-40-21-12-19(7-6-14(21)2)35-29-36-28(32)37-30(38-29)39-31/h6-12,44H,34H2,1-5H3,(H2,35,36,37,38,39). The molecular formula is C30H27BClFN10O. The molecule has 14 heteroatoms. The van der Waals surface area contributed by atoms with Crippen molar-refractivity contribution in [3.8, 4) is 5.75 Å². The van der Waals surface area contributed by atoms with Gasteiger partial charge in [0.15, 0.2) is 11.6 Å². The Bertz CT molecular complexity index is 1980. The van der Waals surface area contributed by atoms with E-state index in [9.17, 15) is 9.50 Å². The molecule has 11 nitrogen and oxygen atoms in total. The molecule has 0 aliphatic rings. The van der Waals surface area contributed by atoms with Crippen LogP contribution in [0.1, 0.15) is 27.8 Å². The Morgan fingerprint density at radius 1 is 0.795 bits per heavy atom. The number of benzene rings is 4. The van der Waals surface area contributed by atoms with Gasteiger partial charge < -0.3 is 21.4 Å². The maximum Gasteiger partial charge on any atom is 0.233 e. The van der Waals surface area contributed by atoms with Crippen LogP contribution < -0.4 is 16.3 Å². The van der Waals surface area contributed by atoms with Gasteiger partial charge in [-0.15, -0.1) is 15.3 Å². The third-order valence-electron chi connectivity index (χ3n) is 6.87. The van der Waals surface area contributed by atoms with Crippen molar-refractivity contribution < 1.29 is 9.50 Å². The van der Waals surface area contributed by atoms with Gasteiger partial charge in [0, 0.05) is 5.69 Å². The predicted molar refractivity (Wildman–Crippen MR) is 172 cm³/mol. The Hall–Kier alpha value is -5.17. The molecule has 5 aromatic rings. The first-order valence-corrected chi connectivity index (χ1v) is 13.7. The third kappa shape index (κ3) is 6.13. The average Bonchev–Trinajstić information content (AvgIpc) is 2.94. The van der Waals surface area contributed by atoms with Gasteiger partial charge in [0.1, 0.15) is 17.1 Å². The van der Waals surface area contributed by atoms with Crippen LogP contribution in [0.15, 0.2) is 62.9 Å². The highest BCUT2D eigenvalue weighted by Crippen LogP contribution is 2.46. The van der Waals surface area contributed by atoms with Crippen LogP contribution in [0.5, 0.6) is 5.75 Å². The number of hydrogen-bond acceptors (Lipinski definition) is 11. The molecule has 0 saturated heterocycles. The van der Waals surface area contributed by atoms with E-state index in [2.05, 4.69) is 46.0 Å². The Balaban J connectivity index is 1.52. The molecular weight excluding hydrogens is 582 g/mol. The maximum absolute atomic E-state index is 14.6. The Morgan fingerprint density at radius 3 is 2.14 bits per heavy atom. The quantitative estimate of drug-likeness (QED) is 0.0816. The van der Waals surface area contributed by atoms with Crippen LogP contribution >= 0.6 is 11.6 Å². The number of halogens is 2. The molecule has 0 saturated carbocycles. The number of fused-ring (bicyclic) bond motifs is 1. The second kappa shape index (κ2) is 12.2. The minimum atomic E-state index is -0.478. The van der Waals surface area contributed by atoms with Gasteiger partial charge in [0.05, 0.1) is 16.8 Å². The van der Waals surface area contributed by atoms with Gasteiger partial charge in [-0.05, 0) is 110 Å². The summed E-state index contributed by atoms with van der Waals surface area (Å²) >= 11 is 5.94. The number of nitrogens with one attached hydrogen (secondary N) is 2. The third-order valence-corrected chi connectivity index (χ3v) is 7.04. The zero-order chi connectivity index (χ0) is 31.7. The number of aryl methyl sites for hydroxylation is 5. The smallest absolute Gasteiger partial charge is 0.233 e. The number of hydrogen-bond donors (Lipinski definition) is 4. The van der Waals surface area contributed by atoms with E-state index in [0.717, 1.165) is 11.1 Å². The van der Waals surface area contributed by atoms with E-state index in [4.69, 9.17) is 25.3 Å². The predicted octanol–water partition coefficient (Wildman–Crippen LogP) is 8.72. The number of azo groups is 2. The van der Waals surface area contributed by atoms with Crippen molar-refractivity contribution in [2.24, 2.45) is 20.5 Å². The SMILES string of the molecule is [B]Nc1nc(Cl)nc(Nc2ccc(C)c(N=Nc3c(C)cc4cc(C)c(N=Nc5c(C)cc(C)cc5F)c(N)c4c3O)c2)n1.